The number of hydrogen-bond donors (Lipinski definition) is 2. The van der Waals surface area contributed by atoms with Gasteiger partial charge in [-0.1, -0.05) is 30.3 Å². The standard InChI is InChI=1S/C17H18N2O2S/c1-13-5-4-6-15(11-13)22(20,21)19-10-9-14-12-18-17-8-3-2-7-16(14)17/h2-8,11-12,18-19H,9-10H2,1H3. The van der Waals surface area contributed by atoms with Crippen LogP contribution >= 0.6 is 0 Å². The number of hydrogen-bond acceptors (Lipinski definition) is 2. The fraction of sp³-hybridized carbons (Fsp3) is 0.176. The SMILES string of the molecule is Cc1cccc(S(=O)(=O)NCCc2c[nH]c3ccccc23)c1. The highest BCUT2D eigenvalue weighted by Gasteiger charge is 2.13. The van der Waals surface area contributed by atoms with E-state index in [4.69, 9.17) is 0 Å². The van der Waals surface area contributed by atoms with Crippen LogP contribution in [0.15, 0.2) is 59.6 Å². The van der Waals surface area contributed by atoms with E-state index in [1.54, 1.807) is 18.2 Å². The Kier molecular flexibility index (Phi) is 4.00. The zero-order valence-electron chi connectivity index (χ0n) is 12.3. The molecule has 0 amide bonds. The maximum atomic E-state index is 12.3. The maximum absolute atomic E-state index is 12.3. The highest BCUT2D eigenvalue weighted by molar-refractivity contribution is 7.89. The predicted octanol–water partition coefficient (Wildman–Crippen LogP) is 3.00. The molecule has 3 aromatic rings. The number of aromatic nitrogens is 1. The van der Waals surface area contributed by atoms with E-state index in [-0.39, 0.29) is 0 Å². The molecular formula is C17H18N2O2S. The van der Waals surface area contributed by atoms with Crippen molar-refractivity contribution < 1.29 is 8.42 Å². The molecule has 2 aromatic carbocycles. The van der Waals surface area contributed by atoms with Crippen molar-refractivity contribution in [1.29, 1.82) is 0 Å². The summed E-state index contributed by atoms with van der Waals surface area (Å²) >= 11 is 0. The molecule has 0 aliphatic heterocycles. The third kappa shape index (κ3) is 3.05. The average Bonchev–Trinajstić information content (AvgIpc) is 2.91. The zero-order valence-corrected chi connectivity index (χ0v) is 13.2. The predicted molar refractivity (Wildman–Crippen MR) is 88.4 cm³/mol. The number of benzene rings is 2. The van der Waals surface area contributed by atoms with E-state index in [0.29, 0.717) is 17.9 Å². The Labute approximate surface area is 130 Å². The number of aryl methyl sites for hydroxylation is 1. The number of rotatable bonds is 5. The van der Waals surface area contributed by atoms with Crippen LogP contribution in [-0.2, 0) is 16.4 Å². The highest BCUT2D eigenvalue weighted by atomic mass is 32.2. The Hall–Kier alpha value is -2.11. The van der Waals surface area contributed by atoms with Gasteiger partial charge in [-0.2, -0.15) is 0 Å². The van der Waals surface area contributed by atoms with Crippen LogP contribution in [0.1, 0.15) is 11.1 Å². The second-order valence-electron chi connectivity index (χ2n) is 5.32. The molecule has 114 valence electrons. The fourth-order valence-electron chi connectivity index (χ4n) is 2.52. The first-order chi connectivity index (χ1) is 10.6. The zero-order chi connectivity index (χ0) is 15.6. The van der Waals surface area contributed by atoms with Gasteiger partial charge < -0.3 is 4.98 Å². The van der Waals surface area contributed by atoms with Crippen molar-refractivity contribution in [3.8, 4) is 0 Å². The number of fused-ring (bicyclic) bond motifs is 1. The molecule has 2 N–H and O–H groups in total. The van der Waals surface area contributed by atoms with Crippen molar-refractivity contribution in [1.82, 2.24) is 9.71 Å². The second-order valence-corrected chi connectivity index (χ2v) is 7.09. The molecule has 5 heteroatoms. The van der Waals surface area contributed by atoms with E-state index in [1.165, 1.54) is 0 Å². The molecular weight excluding hydrogens is 296 g/mol. The van der Waals surface area contributed by atoms with Crippen LogP contribution in [0.2, 0.25) is 0 Å². The van der Waals surface area contributed by atoms with Gasteiger partial charge in [0.05, 0.1) is 4.90 Å². The van der Waals surface area contributed by atoms with Gasteiger partial charge in [0.15, 0.2) is 0 Å². The Morgan fingerprint density at radius 1 is 1.09 bits per heavy atom. The van der Waals surface area contributed by atoms with Crippen molar-refractivity contribution in [2.45, 2.75) is 18.2 Å². The van der Waals surface area contributed by atoms with Gasteiger partial charge in [0.2, 0.25) is 10.0 Å². The van der Waals surface area contributed by atoms with Gasteiger partial charge in [-0.05, 0) is 42.7 Å². The molecule has 22 heavy (non-hydrogen) atoms. The third-order valence-corrected chi connectivity index (χ3v) is 5.12. The van der Waals surface area contributed by atoms with Crippen molar-refractivity contribution in [2.75, 3.05) is 6.54 Å². The van der Waals surface area contributed by atoms with Gasteiger partial charge >= 0.3 is 0 Å². The number of aromatic amines is 1. The van der Waals surface area contributed by atoms with E-state index in [9.17, 15) is 8.42 Å². The summed E-state index contributed by atoms with van der Waals surface area (Å²) in [5.74, 6) is 0. The summed E-state index contributed by atoms with van der Waals surface area (Å²) in [4.78, 5) is 3.51. The molecule has 0 saturated heterocycles. The number of para-hydroxylation sites is 1. The molecule has 0 unspecified atom stereocenters. The Morgan fingerprint density at radius 3 is 2.73 bits per heavy atom. The summed E-state index contributed by atoms with van der Waals surface area (Å²) in [6.45, 7) is 2.25. The lowest BCUT2D eigenvalue weighted by Crippen LogP contribution is -2.26. The largest absolute Gasteiger partial charge is 0.361 e. The van der Waals surface area contributed by atoms with Crippen molar-refractivity contribution in [3.05, 3.63) is 65.9 Å². The summed E-state index contributed by atoms with van der Waals surface area (Å²) in [6, 6.07) is 14.9. The second kappa shape index (κ2) is 5.94. The lowest BCUT2D eigenvalue weighted by molar-refractivity contribution is 0.581. The Bertz CT molecular complexity index is 898. The average molecular weight is 314 g/mol. The van der Waals surface area contributed by atoms with Gasteiger partial charge in [-0.25, -0.2) is 13.1 Å². The van der Waals surface area contributed by atoms with Crippen LogP contribution < -0.4 is 4.72 Å². The van der Waals surface area contributed by atoms with Gasteiger partial charge in [0, 0.05) is 23.6 Å². The topological polar surface area (TPSA) is 62.0 Å². The Morgan fingerprint density at radius 2 is 1.91 bits per heavy atom. The van der Waals surface area contributed by atoms with Crippen LogP contribution in [0.25, 0.3) is 10.9 Å². The van der Waals surface area contributed by atoms with Gasteiger partial charge in [-0.3, -0.25) is 0 Å². The quantitative estimate of drug-likeness (QED) is 0.760. The van der Waals surface area contributed by atoms with Gasteiger partial charge in [-0.15, -0.1) is 0 Å². The summed E-state index contributed by atoms with van der Waals surface area (Å²) in [5, 5.41) is 1.14. The van der Waals surface area contributed by atoms with Gasteiger partial charge in [0.1, 0.15) is 0 Å². The molecule has 0 spiro atoms. The van der Waals surface area contributed by atoms with Gasteiger partial charge in [0.25, 0.3) is 0 Å². The molecule has 0 bridgehead atoms. The fourth-order valence-corrected chi connectivity index (χ4v) is 3.66. The normalized spacial score (nSPS) is 11.9. The summed E-state index contributed by atoms with van der Waals surface area (Å²) in [5.41, 5.74) is 3.11. The Balaban J connectivity index is 1.70. The van der Waals surface area contributed by atoms with E-state index >= 15 is 0 Å². The molecule has 1 aromatic heterocycles. The number of H-pyrrole nitrogens is 1. The molecule has 0 fully saturated rings. The lowest BCUT2D eigenvalue weighted by atomic mass is 10.1. The highest BCUT2D eigenvalue weighted by Crippen LogP contribution is 2.18. The van der Waals surface area contributed by atoms with Crippen LogP contribution in [-0.4, -0.2) is 19.9 Å². The molecule has 1 heterocycles. The third-order valence-electron chi connectivity index (χ3n) is 3.66. The summed E-state index contributed by atoms with van der Waals surface area (Å²) in [6.07, 6.45) is 2.58. The lowest BCUT2D eigenvalue weighted by Gasteiger charge is -2.07. The molecule has 0 atom stereocenters. The molecule has 0 radical (unpaired) electrons. The minimum atomic E-state index is -3.45. The molecule has 0 saturated carbocycles. The molecule has 3 rings (SSSR count). The van der Waals surface area contributed by atoms with Crippen LogP contribution in [0.3, 0.4) is 0 Å². The first-order valence-electron chi connectivity index (χ1n) is 7.17. The monoisotopic (exact) mass is 314 g/mol. The van der Waals surface area contributed by atoms with Crippen LogP contribution in [0.4, 0.5) is 0 Å². The van der Waals surface area contributed by atoms with E-state index < -0.39 is 10.0 Å². The number of sulfonamides is 1. The van der Waals surface area contributed by atoms with Crippen molar-refractivity contribution in [2.24, 2.45) is 0 Å². The summed E-state index contributed by atoms with van der Waals surface area (Å²) in [7, 11) is -3.45. The maximum Gasteiger partial charge on any atom is 0.240 e. The number of nitrogens with one attached hydrogen (secondary N) is 2. The van der Waals surface area contributed by atoms with Crippen LogP contribution in [0, 0.1) is 6.92 Å². The van der Waals surface area contributed by atoms with Crippen molar-refractivity contribution in [3.63, 3.8) is 0 Å². The molecule has 4 nitrogen and oxygen atoms in total. The van der Waals surface area contributed by atoms with E-state index in [2.05, 4.69) is 9.71 Å². The van der Waals surface area contributed by atoms with E-state index in [1.807, 2.05) is 43.5 Å². The van der Waals surface area contributed by atoms with Crippen LogP contribution in [0.5, 0.6) is 0 Å². The first kappa shape index (κ1) is 14.8. The molecule has 0 aliphatic carbocycles. The van der Waals surface area contributed by atoms with Crippen molar-refractivity contribution >= 4 is 20.9 Å². The minimum Gasteiger partial charge on any atom is -0.361 e. The summed E-state index contributed by atoms with van der Waals surface area (Å²) < 4.78 is 27.2. The van der Waals surface area contributed by atoms with E-state index in [0.717, 1.165) is 22.0 Å². The molecule has 0 aliphatic rings. The minimum absolute atomic E-state index is 0.312. The smallest absolute Gasteiger partial charge is 0.240 e. The first-order valence-corrected chi connectivity index (χ1v) is 8.66.